The Balaban J connectivity index is 2.35. The molecule has 0 saturated heterocycles. The number of hydrogen-bond donors (Lipinski definition) is 6. The third-order valence-electron chi connectivity index (χ3n) is 12.2. The van der Waals surface area contributed by atoms with Crippen molar-refractivity contribution in [2.24, 2.45) is 0 Å². The predicted molar refractivity (Wildman–Crippen MR) is 272 cm³/mol. The van der Waals surface area contributed by atoms with Gasteiger partial charge in [0.1, 0.15) is 42.7 Å². The quantitative estimate of drug-likeness (QED) is 0.0147. The second-order valence-electron chi connectivity index (χ2n) is 18.4. The maximum atomic E-state index is 12.9. The second kappa shape index (κ2) is 44.0. The number of esters is 1. The van der Waals surface area contributed by atoms with Gasteiger partial charge in [0, 0.05) is 13.0 Å². The van der Waals surface area contributed by atoms with Crippen molar-refractivity contribution in [3.63, 3.8) is 0 Å². The average molecular weight is 969 g/mol. The largest absolute Gasteiger partial charge is 0.472 e. The number of rotatable bonds is 45. The van der Waals surface area contributed by atoms with Crippen molar-refractivity contribution in [3.05, 3.63) is 60.8 Å². The highest BCUT2D eigenvalue weighted by atomic mass is 31.2. The zero-order valence-electron chi connectivity index (χ0n) is 41.9. The Bertz CT molecular complexity index is 1340. The number of aliphatic hydroxyl groups is 5. The van der Waals surface area contributed by atoms with Crippen molar-refractivity contribution < 1.29 is 58.3 Å². The van der Waals surface area contributed by atoms with Gasteiger partial charge in [-0.1, -0.05) is 209 Å². The molecule has 6 atom stereocenters. The first kappa shape index (κ1) is 63.1. The Kier molecular flexibility index (Phi) is 41.4. The van der Waals surface area contributed by atoms with E-state index < -0.39 is 63.1 Å². The standard InChI is InChI=1S/C54H97O12P/c1-3-5-7-9-11-13-15-17-19-21-23-25-27-29-31-33-35-37-39-41-43-48(55)65-47(46-64-67(61,62)66-54-52(59)50(57)49(56)51(58)53(54)60)45-63-44-42-40-38-36-34-32-30-28-26-24-22-20-18-16-14-12-10-8-6-4-2/h6,8,12,14,18,20,24,26,30,32,47,49-54,56-60H,3-5,7,9-11,13,15-17,19,21-23,25,27-29,31,33-46H2,1-2H3,(H,61,62)/b8-6-,14-12-,20-18-,26-24-,32-30-. The molecule has 1 fully saturated rings. The van der Waals surface area contributed by atoms with Crippen molar-refractivity contribution in [1.82, 2.24) is 0 Å². The molecule has 0 aromatic rings. The molecule has 1 rings (SSSR count). The highest BCUT2D eigenvalue weighted by Crippen LogP contribution is 2.47. The lowest BCUT2D eigenvalue weighted by Crippen LogP contribution is -2.64. The number of ether oxygens (including phenoxy) is 2. The summed E-state index contributed by atoms with van der Waals surface area (Å²) < 4.78 is 34.3. The molecular weight excluding hydrogens is 872 g/mol. The Labute approximate surface area is 407 Å². The predicted octanol–water partition coefficient (Wildman–Crippen LogP) is 12.1. The van der Waals surface area contributed by atoms with Crippen LogP contribution in [0, 0.1) is 0 Å². The molecule has 0 aromatic carbocycles. The van der Waals surface area contributed by atoms with Crippen molar-refractivity contribution in [2.75, 3.05) is 19.8 Å². The molecule has 67 heavy (non-hydrogen) atoms. The van der Waals surface area contributed by atoms with Gasteiger partial charge >= 0.3 is 13.8 Å². The molecule has 0 aliphatic heterocycles. The molecule has 0 spiro atoms. The number of carbonyl (C=O) groups excluding carboxylic acids is 1. The average Bonchev–Trinajstić information content (AvgIpc) is 3.31. The summed E-state index contributed by atoms with van der Waals surface area (Å²) in [6.07, 6.45) is 44.3. The van der Waals surface area contributed by atoms with Crippen LogP contribution in [0.15, 0.2) is 60.8 Å². The van der Waals surface area contributed by atoms with E-state index in [0.717, 1.165) is 83.5 Å². The molecule has 12 nitrogen and oxygen atoms in total. The fraction of sp³-hybridized carbons (Fsp3) is 0.796. The summed E-state index contributed by atoms with van der Waals surface area (Å²) in [5.74, 6) is -0.485. The molecule has 0 amide bonds. The summed E-state index contributed by atoms with van der Waals surface area (Å²) in [5.41, 5.74) is 0. The number of hydrogen-bond acceptors (Lipinski definition) is 11. The van der Waals surface area contributed by atoms with E-state index in [1.807, 2.05) is 0 Å². The van der Waals surface area contributed by atoms with Crippen LogP contribution in [0.3, 0.4) is 0 Å². The normalized spacial score (nSPS) is 21.7. The molecule has 390 valence electrons. The molecule has 1 saturated carbocycles. The van der Waals surface area contributed by atoms with E-state index in [4.69, 9.17) is 18.5 Å². The van der Waals surface area contributed by atoms with Gasteiger partial charge in [0.2, 0.25) is 0 Å². The van der Waals surface area contributed by atoms with Gasteiger partial charge in [-0.3, -0.25) is 13.8 Å². The minimum Gasteiger partial charge on any atom is -0.457 e. The Morgan fingerprint density at radius 1 is 0.493 bits per heavy atom. The zero-order chi connectivity index (χ0) is 49.1. The van der Waals surface area contributed by atoms with Crippen LogP contribution in [0.4, 0.5) is 0 Å². The second-order valence-corrected chi connectivity index (χ2v) is 19.8. The first-order valence-electron chi connectivity index (χ1n) is 26.6. The van der Waals surface area contributed by atoms with Crippen LogP contribution < -0.4 is 0 Å². The molecule has 0 bridgehead atoms. The lowest BCUT2D eigenvalue weighted by molar-refractivity contribution is -0.220. The van der Waals surface area contributed by atoms with Gasteiger partial charge in [0.25, 0.3) is 0 Å². The van der Waals surface area contributed by atoms with Crippen LogP contribution in [0.5, 0.6) is 0 Å². The first-order chi connectivity index (χ1) is 32.5. The number of carbonyl (C=O) groups is 1. The molecule has 6 N–H and O–H groups in total. The van der Waals surface area contributed by atoms with Gasteiger partial charge in [-0.15, -0.1) is 0 Å². The van der Waals surface area contributed by atoms with Crippen LogP contribution in [0.1, 0.15) is 213 Å². The Morgan fingerprint density at radius 2 is 0.881 bits per heavy atom. The summed E-state index contributed by atoms with van der Waals surface area (Å²) in [6.45, 7) is 4.12. The number of phosphoric ester groups is 1. The summed E-state index contributed by atoms with van der Waals surface area (Å²) in [7, 11) is -5.03. The minimum atomic E-state index is -5.03. The summed E-state index contributed by atoms with van der Waals surface area (Å²) in [5, 5.41) is 50.3. The van der Waals surface area contributed by atoms with Crippen LogP contribution in [0.2, 0.25) is 0 Å². The summed E-state index contributed by atoms with van der Waals surface area (Å²) in [4.78, 5) is 23.3. The van der Waals surface area contributed by atoms with Crippen molar-refractivity contribution in [2.45, 2.75) is 256 Å². The van der Waals surface area contributed by atoms with E-state index in [0.29, 0.717) is 13.0 Å². The first-order valence-corrected chi connectivity index (χ1v) is 28.1. The van der Waals surface area contributed by atoms with E-state index in [-0.39, 0.29) is 13.0 Å². The maximum Gasteiger partial charge on any atom is 0.472 e. The third-order valence-corrected chi connectivity index (χ3v) is 13.1. The molecule has 1 aliphatic carbocycles. The topological polar surface area (TPSA) is 192 Å². The summed E-state index contributed by atoms with van der Waals surface area (Å²) >= 11 is 0. The molecule has 1 aliphatic rings. The molecular formula is C54H97O12P. The maximum absolute atomic E-state index is 12.9. The van der Waals surface area contributed by atoms with Gasteiger partial charge < -0.3 is 39.9 Å². The highest BCUT2D eigenvalue weighted by Gasteiger charge is 2.51. The molecule has 0 aromatic heterocycles. The smallest absolute Gasteiger partial charge is 0.457 e. The van der Waals surface area contributed by atoms with Gasteiger partial charge in [-0.25, -0.2) is 4.57 Å². The monoisotopic (exact) mass is 969 g/mol. The minimum absolute atomic E-state index is 0.0939. The van der Waals surface area contributed by atoms with Crippen molar-refractivity contribution in [1.29, 1.82) is 0 Å². The van der Waals surface area contributed by atoms with Crippen molar-refractivity contribution in [3.8, 4) is 0 Å². The van der Waals surface area contributed by atoms with Crippen LogP contribution >= 0.6 is 7.82 Å². The molecule has 0 heterocycles. The van der Waals surface area contributed by atoms with Gasteiger partial charge in [-0.05, 0) is 57.8 Å². The SMILES string of the molecule is CC/C=C\C/C=C\C/C=C\C/C=C\C/C=C\CCCCCCOCC(COP(=O)(O)OC1C(O)C(O)C(O)C(O)C1O)OC(=O)CCCCCCCCCCCCCCCCCCCCCC. The fourth-order valence-corrected chi connectivity index (χ4v) is 8.94. The van der Waals surface area contributed by atoms with Crippen LogP contribution in [-0.4, -0.2) is 98.9 Å². The summed E-state index contributed by atoms with van der Waals surface area (Å²) in [6, 6.07) is 0. The van der Waals surface area contributed by atoms with Gasteiger partial charge in [-0.2, -0.15) is 0 Å². The lowest BCUT2D eigenvalue weighted by atomic mass is 9.85. The zero-order valence-corrected chi connectivity index (χ0v) is 42.8. The van der Waals surface area contributed by atoms with Crippen LogP contribution in [-0.2, 0) is 27.9 Å². The van der Waals surface area contributed by atoms with E-state index in [9.17, 15) is 39.8 Å². The van der Waals surface area contributed by atoms with Crippen molar-refractivity contribution >= 4 is 13.8 Å². The Hall–Kier alpha value is -1.96. The van der Waals surface area contributed by atoms with Crippen LogP contribution in [0.25, 0.3) is 0 Å². The lowest BCUT2D eigenvalue weighted by Gasteiger charge is -2.41. The number of aliphatic hydroxyl groups excluding tert-OH is 5. The molecule has 13 heteroatoms. The number of phosphoric acid groups is 1. The van der Waals surface area contributed by atoms with E-state index in [2.05, 4.69) is 74.6 Å². The van der Waals surface area contributed by atoms with Gasteiger partial charge in [0.05, 0.1) is 13.2 Å². The highest BCUT2D eigenvalue weighted by molar-refractivity contribution is 7.47. The molecule has 6 unspecified atom stereocenters. The third kappa shape index (κ3) is 35.7. The van der Waals surface area contributed by atoms with E-state index >= 15 is 0 Å². The fourth-order valence-electron chi connectivity index (χ4n) is 7.97. The van der Waals surface area contributed by atoms with E-state index in [1.54, 1.807) is 0 Å². The number of allylic oxidation sites excluding steroid dienone is 10. The number of unbranched alkanes of at least 4 members (excludes halogenated alkanes) is 23. The van der Waals surface area contributed by atoms with Gasteiger partial charge in [0.15, 0.2) is 0 Å². The van der Waals surface area contributed by atoms with E-state index in [1.165, 1.54) is 103 Å². The Morgan fingerprint density at radius 3 is 1.34 bits per heavy atom. The molecule has 0 radical (unpaired) electrons.